The molecule has 0 unspecified atom stereocenters. The fourth-order valence-electron chi connectivity index (χ4n) is 1.22. The standard InChI is InChI=1S/C11H12BrF2NO2/c1-17-11(16)3-2-4-15-10-6-8(13)7(12)5-9(10)14/h5-6,15H,2-4H2,1H3. The molecule has 0 heterocycles. The summed E-state index contributed by atoms with van der Waals surface area (Å²) in [6.07, 6.45) is 0.730. The Labute approximate surface area is 106 Å². The molecule has 0 saturated carbocycles. The number of anilines is 1. The SMILES string of the molecule is COC(=O)CCCNc1cc(F)c(Br)cc1F. The van der Waals surface area contributed by atoms with E-state index in [9.17, 15) is 13.6 Å². The van der Waals surface area contributed by atoms with Crippen LogP contribution in [0.4, 0.5) is 14.5 Å². The van der Waals surface area contributed by atoms with Crippen molar-refractivity contribution in [1.82, 2.24) is 0 Å². The minimum Gasteiger partial charge on any atom is -0.469 e. The number of benzene rings is 1. The molecule has 1 aromatic rings. The second kappa shape index (κ2) is 6.54. The minimum atomic E-state index is -0.545. The molecule has 1 aromatic carbocycles. The van der Waals surface area contributed by atoms with Crippen LogP contribution in [0.2, 0.25) is 0 Å². The first-order valence-electron chi connectivity index (χ1n) is 5.00. The van der Waals surface area contributed by atoms with Crippen molar-refractivity contribution in [3.63, 3.8) is 0 Å². The number of halogens is 3. The van der Waals surface area contributed by atoms with Crippen LogP contribution < -0.4 is 5.32 Å². The van der Waals surface area contributed by atoms with Crippen LogP contribution in [0.3, 0.4) is 0 Å². The van der Waals surface area contributed by atoms with Gasteiger partial charge in [-0.15, -0.1) is 0 Å². The van der Waals surface area contributed by atoms with Crippen molar-refractivity contribution in [2.75, 3.05) is 19.0 Å². The quantitative estimate of drug-likeness (QED) is 0.516. The molecule has 1 rings (SSSR count). The van der Waals surface area contributed by atoms with E-state index >= 15 is 0 Å². The van der Waals surface area contributed by atoms with Crippen LogP contribution in [0.15, 0.2) is 16.6 Å². The second-order valence-corrected chi connectivity index (χ2v) is 4.21. The van der Waals surface area contributed by atoms with Crippen LogP contribution in [-0.4, -0.2) is 19.6 Å². The second-order valence-electron chi connectivity index (χ2n) is 3.35. The predicted octanol–water partition coefficient (Wildman–Crippen LogP) is 3.09. The van der Waals surface area contributed by atoms with E-state index in [-0.39, 0.29) is 22.6 Å². The molecule has 3 nitrogen and oxygen atoms in total. The Balaban J connectivity index is 2.47. The maximum Gasteiger partial charge on any atom is 0.305 e. The molecule has 0 saturated heterocycles. The van der Waals surface area contributed by atoms with Crippen LogP contribution in [0, 0.1) is 11.6 Å². The summed E-state index contributed by atoms with van der Waals surface area (Å²) in [6, 6.07) is 2.12. The number of hydrogen-bond acceptors (Lipinski definition) is 3. The molecule has 0 aromatic heterocycles. The molecule has 0 fully saturated rings. The summed E-state index contributed by atoms with van der Waals surface area (Å²) in [5.74, 6) is -1.41. The van der Waals surface area contributed by atoms with Crippen molar-refractivity contribution in [1.29, 1.82) is 0 Å². The Hall–Kier alpha value is -1.17. The summed E-state index contributed by atoms with van der Waals surface area (Å²) in [6.45, 7) is 0.368. The number of carbonyl (C=O) groups excluding carboxylic acids is 1. The number of methoxy groups -OCH3 is 1. The summed E-state index contributed by atoms with van der Waals surface area (Å²) >= 11 is 2.89. The van der Waals surface area contributed by atoms with Crippen molar-refractivity contribution in [3.05, 3.63) is 28.2 Å². The number of esters is 1. The molecule has 17 heavy (non-hydrogen) atoms. The summed E-state index contributed by atoms with van der Waals surface area (Å²) < 4.78 is 31.0. The van der Waals surface area contributed by atoms with Gasteiger partial charge in [0.1, 0.15) is 11.6 Å². The van der Waals surface area contributed by atoms with E-state index in [1.165, 1.54) is 7.11 Å². The normalized spacial score (nSPS) is 10.1. The molecule has 0 radical (unpaired) electrons. The zero-order valence-corrected chi connectivity index (χ0v) is 10.8. The fourth-order valence-corrected chi connectivity index (χ4v) is 1.53. The van der Waals surface area contributed by atoms with Gasteiger partial charge in [0.15, 0.2) is 0 Å². The average Bonchev–Trinajstić information content (AvgIpc) is 2.30. The van der Waals surface area contributed by atoms with Gasteiger partial charge in [-0.2, -0.15) is 0 Å². The van der Waals surface area contributed by atoms with Crippen LogP contribution in [-0.2, 0) is 9.53 Å². The Morgan fingerprint density at radius 2 is 2.12 bits per heavy atom. The topological polar surface area (TPSA) is 38.3 Å². The highest BCUT2D eigenvalue weighted by atomic mass is 79.9. The van der Waals surface area contributed by atoms with Gasteiger partial charge >= 0.3 is 5.97 Å². The van der Waals surface area contributed by atoms with E-state index in [2.05, 4.69) is 26.0 Å². The van der Waals surface area contributed by atoms with E-state index in [1.807, 2.05) is 0 Å². The number of nitrogens with one attached hydrogen (secondary N) is 1. The third kappa shape index (κ3) is 4.30. The number of carbonyl (C=O) groups is 1. The highest BCUT2D eigenvalue weighted by molar-refractivity contribution is 9.10. The smallest absolute Gasteiger partial charge is 0.305 e. The lowest BCUT2D eigenvalue weighted by Crippen LogP contribution is -2.07. The lowest BCUT2D eigenvalue weighted by atomic mass is 10.2. The molecule has 0 amide bonds. The maximum atomic E-state index is 13.3. The van der Waals surface area contributed by atoms with Gasteiger partial charge in [-0.05, 0) is 28.4 Å². The molecule has 94 valence electrons. The Bertz CT molecular complexity index is 413. The summed E-state index contributed by atoms with van der Waals surface area (Å²) in [5, 5.41) is 2.72. The summed E-state index contributed by atoms with van der Waals surface area (Å²) in [5.41, 5.74) is 0.0792. The van der Waals surface area contributed by atoms with Crippen LogP contribution in [0.1, 0.15) is 12.8 Å². The van der Waals surface area contributed by atoms with E-state index < -0.39 is 11.6 Å². The van der Waals surface area contributed by atoms with Gasteiger partial charge in [-0.25, -0.2) is 8.78 Å². The molecule has 0 spiro atoms. The van der Waals surface area contributed by atoms with Crippen molar-refractivity contribution in [3.8, 4) is 0 Å². The molecule has 0 bridgehead atoms. The molecule has 0 aliphatic heterocycles. The summed E-state index contributed by atoms with van der Waals surface area (Å²) in [4.78, 5) is 10.8. The lowest BCUT2D eigenvalue weighted by molar-refractivity contribution is -0.140. The zero-order chi connectivity index (χ0) is 12.8. The first-order valence-corrected chi connectivity index (χ1v) is 5.79. The van der Waals surface area contributed by atoms with Gasteiger partial charge < -0.3 is 10.1 Å². The fraction of sp³-hybridized carbons (Fsp3) is 0.364. The van der Waals surface area contributed by atoms with Crippen LogP contribution in [0.25, 0.3) is 0 Å². The van der Waals surface area contributed by atoms with Gasteiger partial charge in [0.05, 0.1) is 17.3 Å². The molecule has 1 N–H and O–H groups in total. The Morgan fingerprint density at radius 3 is 2.76 bits per heavy atom. The highest BCUT2D eigenvalue weighted by Crippen LogP contribution is 2.23. The van der Waals surface area contributed by atoms with Crippen molar-refractivity contribution >= 4 is 27.6 Å². The largest absolute Gasteiger partial charge is 0.469 e. The zero-order valence-electron chi connectivity index (χ0n) is 9.23. The van der Waals surface area contributed by atoms with Crippen LogP contribution >= 0.6 is 15.9 Å². The van der Waals surface area contributed by atoms with E-state index in [0.717, 1.165) is 12.1 Å². The molecular formula is C11H12BrF2NO2. The molecule has 6 heteroatoms. The Morgan fingerprint density at radius 1 is 1.41 bits per heavy atom. The van der Waals surface area contributed by atoms with Gasteiger partial charge in [0.2, 0.25) is 0 Å². The minimum absolute atomic E-state index is 0.0788. The average molecular weight is 308 g/mol. The summed E-state index contributed by atoms with van der Waals surface area (Å²) in [7, 11) is 1.31. The lowest BCUT2D eigenvalue weighted by Gasteiger charge is -2.08. The number of rotatable bonds is 5. The third-order valence-corrected chi connectivity index (χ3v) is 2.72. The van der Waals surface area contributed by atoms with Gasteiger partial charge in [-0.1, -0.05) is 0 Å². The highest BCUT2D eigenvalue weighted by Gasteiger charge is 2.08. The van der Waals surface area contributed by atoms with Gasteiger partial charge in [0.25, 0.3) is 0 Å². The van der Waals surface area contributed by atoms with Gasteiger partial charge in [-0.3, -0.25) is 4.79 Å². The third-order valence-electron chi connectivity index (χ3n) is 2.11. The van der Waals surface area contributed by atoms with E-state index in [4.69, 9.17) is 0 Å². The first-order chi connectivity index (χ1) is 8.04. The maximum absolute atomic E-state index is 13.3. The Kier molecular flexibility index (Phi) is 5.34. The number of ether oxygens (including phenoxy) is 1. The number of hydrogen-bond donors (Lipinski definition) is 1. The molecule has 0 aliphatic rings. The first kappa shape index (κ1) is 13.9. The van der Waals surface area contributed by atoms with Crippen molar-refractivity contribution < 1.29 is 18.3 Å². The molecular weight excluding hydrogens is 296 g/mol. The van der Waals surface area contributed by atoms with Crippen molar-refractivity contribution in [2.45, 2.75) is 12.8 Å². The predicted molar refractivity (Wildman–Crippen MR) is 63.8 cm³/mol. The molecule has 0 aliphatic carbocycles. The molecule has 0 atom stereocenters. The van der Waals surface area contributed by atoms with Gasteiger partial charge in [0, 0.05) is 19.0 Å². The van der Waals surface area contributed by atoms with Crippen molar-refractivity contribution in [2.24, 2.45) is 0 Å². The van der Waals surface area contributed by atoms with E-state index in [0.29, 0.717) is 13.0 Å². The monoisotopic (exact) mass is 307 g/mol. The van der Waals surface area contributed by atoms with E-state index in [1.54, 1.807) is 0 Å². The van der Waals surface area contributed by atoms with Crippen LogP contribution in [0.5, 0.6) is 0 Å².